The third-order valence-corrected chi connectivity index (χ3v) is 6.62. The van der Waals surface area contributed by atoms with Gasteiger partial charge in [0.05, 0.1) is 22.3 Å². The summed E-state index contributed by atoms with van der Waals surface area (Å²) in [4.78, 5) is 30.8. The molecule has 5 nitrogen and oxygen atoms in total. The first-order valence-electron chi connectivity index (χ1n) is 10.7. The van der Waals surface area contributed by atoms with Crippen molar-refractivity contribution in [3.8, 4) is 5.69 Å². The van der Waals surface area contributed by atoms with Gasteiger partial charge in [-0.3, -0.25) is 14.2 Å². The molecule has 0 saturated carbocycles. The average Bonchev–Trinajstić information content (AvgIpc) is 2.82. The number of amides is 1. The van der Waals surface area contributed by atoms with Crippen LogP contribution in [0.4, 0.5) is 0 Å². The molecule has 0 radical (unpaired) electrons. The van der Waals surface area contributed by atoms with Gasteiger partial charge in [-0.2, -0.15) is 0 Å². The van der Waals surface area contributed by atoms with E-state index in [4.69, 9.17) is 16.6 Å². The number of hydrogen-bond donors (Lipinski definition) is 1. The fraction of sp³-hybridized carbons (Fsp3) is 0.192. The lowest BCUT2D eigenvalue weighted by molar-refractivity contribution is -0.118. The molecule has 0 aliphatic heterocycles. The third kappa shape index (κ3) is 5.13. The molecule has 168 valence electrons. The number of para-hydroxylation sites is 2. The molecule has 0 fully saturated rings. The van der Waals surface area contributed by atoms with Gasteiger partial charge in [0.15, 0.2) is 5.16 Å². The van der Waals surface area contributed by atoms with Crippen molar-refractivity contribution in [2.75, 3.05) is 5.75 Å². The number of nitrogens with one attached hydrogen (secondary N) is 1. The highest BCUT2D eigenvalue weighted by molar-refractivity contribution is 7.99. The minimum absolute atomic E-state index is 0.124. The number of hydrogen-bond acceptors (Lipinski definition) is 4. The van der Waals surface area contributed by atoms with Crippen LogP contribution in [0, 0.1) is 0 Å². The van der Waals surface area contributed by atoms with E-state index in [1.807, 2.05) is 60.7 Å². The van der Waals surface area contributed by atoms with E-state index in [1.54, 1.807) is 16.7 Å². The Labute approximate surface area is 201 Å². The summed E-state index contributed by atoms with van der Waals surface area (Å²) in [5.74, 6) is 0.182. The molecular formula is C26H24ClN3O2S. The average molecular weight is 478 g/mol. The van der Waals surface area contributed by atoms with E-state index in [2.05, 4.69) is 19.2 Å². The van der Waals surface area contributed by atoms with Crippen LogP contribution in [0.15, 0.2) is 82.7 Å². The molecule has 0 spiro atoms. The van der Waals surface area contributed by atoms with Gasteiger partial charge in [-0.05, 0) is 41.3 Å². The molecule has 4 aromatic rings. The minimum Gasteiger partial charge on any atom is -0.351 e. The third-order valence-electron chi connectivity index (χ3n) is 5.31. The van der Waals surface area contributed by atoms with Crippen molar-refractivity contribution in [1.82, 2.24) is 14.9 Å². The Kier molecular flexibility index (Phi) is 7.16. The van der Waals surface area contributed by atoms with E-state index in [9.17, 15) is 9.59 Å². The first-order valence-corrected chi connectivity index (χ1v) is 12.1. The number of aromatic nitrogens is 2. The van der Waals surface area contributed by atoms with E-state index in [0.29, 0.717) is 27.6 Å². The lowest BCUT2D eigenvalue weighted by Gasteiger charge is -2.18. The van der Waals surface area contributed by atoms with E-state index < -0.39 is 0 Å². The van der Waals surface area contributed by atoms with Crippen LogP contribution in [0.3, 0.4) is 0 Å². The molecule has 0 aliphatic carbocycles. The molecule has 4 rings (SSSR count). The van der Waals surface area contributed by atoms with Crippen molar-refractivity contribution in [3.63, 3.8) is 0 Å². The van der Waals surface area contributed by atoms with Gasteiger partial charge in [0, 0.05) is 11.6 Å². The number of fused-ring (bicyclic) bond motifs is 1. The Morgan fingerprint density at radius 3 is 2.52 bits per heavy atom. The fourth-order valence-corrected chi connectivity index (χ4v) is 4.66. The molecule has 1 amide bonds. The number of carbonyl (C=O) groups is 1. The largest absolute Gasteiger partial charge is 0.351 e. The highest BCUT2D eigenvalue weighted by atomic mass is 35.5. The molecular weight excluding hydrogens is 454 g/mol. The van der Waals surface area contributed by atoms with Crippen LogP contribution >= 0.6 is 23.4 Å². The summed E-state index contributed by atoms with van der Waals surface area (Å²) in [6.07, 6.45) is 0. The molecule has 0 saturated heterocycles. The van der Waals surface area contributed by atoms with Crippen molar-refractivity contribution in [3.05, 3.63) is 99.3 Å². The molecule has 1 N–H and O–H groups in total. The van der Waals surface area contributed by atoms with Gasteiger partial charge < -0.3 is 5.32 Å². The summed E-state index contributed by atoms with van der Waals surface area (Å²) in [5.41, 5.74) is 3.15. The number of rotatable bonds is 7. The van der Waals surface area contributed by atoms with Gasteiger partial charge in [-0.25, -0.2) is 4.98 Å². The Morgan fingerprint density at radius 1 is 1.03 bits per heavy atom. The zero-order chi connectivity index (χ0) is 23.4. The summed E-state index contributed by atoms with van der Waals surface area (Å²) < 4.78 is 1.63. The second-order valence-electron chi connectivity index (χ2n) is 7.92. The van der Waals surface area contributed by atoms with Crippen molar-refractivity contribution >= 4 is 40.2 Å². The molecule has 3 aromatic carbocycles. The molecule has 0 unspecified atom stereocenters. The van der Waals surface area contributed by atoms with Crippen molar-refractivity contribution < 1.29 is 4.79 Å². The van der Waals surface area contributed by atoms with Crippen LogP contribution < -0.4 is 10.9 Å². The lowest BCUT2D eigenvalue weighted by atomic mass is 10.0. The zero-order valence-corrected chi connectivity index (χ0v) is 20.0. The maximum atomic E-state index is 13.5. The highest BCUT2D eigenvalue weighted by Gasteiger charge is 2.18. The number of carbonyl (C=O) groups excluding carboxylic acids is 1. The minimum atomic E-state index is -0.161. The second kappa shape index (κ2) is 10.2. The topological polar surface area (TPSA) is 64.0 Å². The van der Waals surface area contributed by atoms with E-state index in [-0.39, 0.29) is 23.1 Å². The normalized spacial score (nSPS) is 11.2. The van der Waals surface area contributed by atoms with Crippen LogP contribution in [0.1, 0.15) is 30.9 Å². The summed E-state index contributed by atoms with van der Waals surface area (Å²) in [6.45, 7) is 4.52. The maximum Gasteiger partial charge on any atom is 0.266 e. The predicted octanol–water partition coefficient (Wildman–Crippen LogP) is 5.57. The van der Waals surface area contributed by atoms with Gasteiger partial charge in [0.25, 0.3) is 5.56 Å². The fourth-order valence-electron chi connectivity index (χ4n) is 3.62. The predicted molar refractivity (Wildman–Crippen MR) is 135 cm³/mol. The number of halogens is 1. The molecule has 1 heterocycles. The number of thioether (sulfide) groups is 1. The van der Waals surface area contributed by atoms with Gasteiger partial charge in [-0.1, -0.05) is 85.7 Å². The maximum absolute atomic E-state index is 13.5. The van der Waals surface area contributed by atoms with Gasteiger partial charge in [-0.15, -0.1) is 0 Å². The van der Waals surface area contributed by atoms with Crippen LogP contribution in [0.5, 0.6) is 0 Å². The van der Waals surface area contributed by atoms with Crippen LogP contribution in [-0.2, 0) is 11.3 Å². The second-order valence-corrected chi connectivity index (χ2v) is 9.27. The smallest absolute Gasteiger partial charge is 0.266 e. The standard InChI is InChI=1S/C26H24ClN3O2S/c1-17(2)19-10-5-8-14-23(19)30-25(32)20-11-4-7-13-22(20)29-26(30)33-16-24(31)28-15-18-9-3-6-12-21(18)27/h3-14,17H,15-16H2,1-2H3,(H,28,31). The number of nitrogens with zero attached hydrogens (tertiary/aromatic N) is 2. The summed E-state index contributed by atoms with van der Waals surface area (Å²) in [6, 6.07) is 22.5. The van der Waals surface area contributed by atoms with E-state index >= 15 is 0 Å². The van der Waals surface area contributed by atoms with Gasteiger partial charge >= 0.3 is 0 Å². The molecule has 0 atom stereocenters. The Balaban J connectivity index is 1.66. The SMILES string of the molecule is CC(C)c1ccccc1-n1c(SCC(=O)NCc2ccccc2Cl)nc2ccccc2c1=O. The molecule has 33 heavy (non-hydrogen) atoms. The lowest BCUT2D eigenvalue weighted by Crippen LogP contribution is -2.26. The van der Waals surface area contributed by atoms with E-state index in [0.717, 1.165) is 16.8 Å². The van der Waals surface area contributed by atoms with Crippen molar-refractivity contribution in [2.45, 2.75) is 31.5 Å². The van der Waals surface area contributed by atoms with Gasteiger partial charge in [0.2, 0.25) is 5.91 Å². The first kappa shape index (κ1) is 23.1. The molecule has 1 aromatic heterocycles. The van der Waals surface area contributed by atoms with E-state index in [1.165, 1.54) is 11.8 Å². The Bertz CT molecular complexity index is 1370. The highest BCUT2D eigenvalue weighted by Crippen LogP contribution is 2.27. The monoisotopic (exact) mass is 477 g/mol. The number of benzene rings is 3. The first-order chi connectivity index (χ1) is 16.0. The van der Waals surface area contributed by atoms with Crippen LogP contribution in [0.2, 0.25) is 5.02 Å². The molecule has 0 bridgehead atoms. The van der Waals surface area contributed by atoms with Crippen LogP contribution in [0.25, 0.3) is 16.6 Å². The van der Waals surface area contributed by atoms with Crippen molar-refractivity contribution in [2.24, 2.45) is 0 Å². The Morgan fingerprint density at radius 2 is 1.73 bits per heavy atom. The summed E-state index contributed by atoms with van der Waals surface area (Å²) in [7, 11) is 0. The van der Waals surface area contributed by atoms with Gasteiger partial charge in [0.1, 0.15) is 0 Å². The zero-order valence-electron chi connectivity index (χ0n) is 18.4. The molecule has 7 heteroatoms. The quantitative estimate of drug-likeness (QED) is 0.279. The van der Waals surface area contributed by atoms with Crippen LogP contribution in [-0.4, -0.2) is 21.2 Å². The summed E-state index contributed by atoms with van der Waals surface area (Å²) in [5, 5.41) is 4.53. The van der Waals surface area contributed by atoms with Crippen molar-refractivity contribution in [1.29, 1.82) is 0 Å². The Hall–Kier alpha value is -3.09. The summed E-state index contributed by atoms with van der Waals surface area (Å²) >= 11 is 7.42. The molecule has 0 aliphatic rings.